The topological polar surface area (TPSA) is 12.0 Å². The molecule has 3 heteroatoms. The van der Waals surface area contributed by atoms with Gasteiger partial charge >= 0.3 is 0 Å². The lowest BCUT2D eigenvalue weighted by Gasteiger charge is -1.96. The van der Waals surface area contributed by atoms with Gasteiger partial charge in [-0.2, -0.15) is 0 Å². The molecule has 0 aliphatic rings. The van der Waals surface area contributed by atoms with Crippen molar-refractivity contribution in [3.05, 3.63) is 34.6 Å². The molecule has 0 saturated carbocycles. The number of hydrogen-bond donors (Lipinski definition) is 1. The van der Waals surface area contributed by atoms with Gasteiger partial charge in [-0.3, -0.25) is 0 Å². The maximum absolute atomic E-state index is 13.1. The van der Waals surface area contributed by atoms with Crippen molar-refractivity contribution in [1.82, 2.24) is 5.32 Å². The summed E-state index contributed by atoms with van der Waals surface area (Å²) in [6, 6.07) is 4.52. The summed E-state index contributed by atoms with van der Waals surface area (Å²) in [4.78, 5) is 0. The van der Waals surface area contributed by atoms with E-state index >= 15 is 0 Å². The monoisotopic (exact) mass is 197 g/mol. The van der Waals surface area contributed by atoms with Gasteiger partial charge in [-0.1, -0.05) is 29.5 Å². The second-order valence-electron chi connectivity index (χ2n) is 2.43. The van der Waals surface area contributed by atoms with E-state index in [0.29, 0.717) is 11.6 Å². The third-order valence-electron chi connectivity index (χ3n) is 1.44. The van der Waals surface area contributed by atoms with Crippen LogP contribution in [0.4, 0.5) is 4.39 Å². The maximum atomic E-state index is 13.1. The summed E-state index contributed by atoms with van der Waals surface area (Å²) in [7, 11) is 1.78. The molecular weight excluding hydrogens is 189 g/mol. The molecule has 0 aliphatic heterocycles. The summed E-state index contributed by atoms with van der Waals surface area (Å²) in [5.41, 5.74) is 0.263. The van der Waals surface area contributed by atoms with E-state index in [0.717, 1.165) is 0 Å². The molecule has 1 aromatic rings. The Kier molecular flexibility index (Phi) is 3.75. The Labute approximate surface area is 81.9 Å². The third-order valence-corrected chi connectivity index (χ3v) is 1.76. The van der Waals surface area contributed by atoms with Gasteiger partial charge in [-0.25, -0.2) is 4.39 Å². The normalized spacial score (nSPS) is 9.15. The Balaban J connectivity index is 2.95. The molecule has 13 heavy (non-hydrogen) atoms. The van der Waals surface area contributed by atoms with Gasteiger partial charge in [0.25, 0.3) is 0 Å². The molecular formula is C10H9ClFN. The molecule has 1 N–H and O–H groups in total. The van der Waals surface area contributed by atoms with Crippen LogP contribution in [0.5, 0.6) is 0 Å². The Morgan fingerprint density at radius 2 is 2.31 bits per heavy atom. The fourth-order valence-corrected chi connectivity index (χ4v) is 1.05. The molecule has 0 saturated heterocycles. The summed E-state index contributed by atoms with van der Waals surface area (Å²) in [5.74, 6) is 5.03. The zero-order chi connectivity index (χ0) is 9.68. The van der Waals surface area contributed by atoms with E-state index in [1.54, 1.807) is 19.2 Å². The Morgan fingerprint density at radius 1 is 1.54 bits per heavy atom. The molecule has 0 amide bonds. The highest BCUT2D eigenvalue weighted by Crippen LogP contribution is 2.17. The highest BCUT2D eigenvalue weighted by atomic mass is 35.5. The van der Waals surface area contributed by atoms with Crippen LogP contribution in [0.2, 0.25) is 5.02 Å². The number of halogens is 2. The van der Waals surface area contributed by atoms with Gasteiger partial charge in [0.05, 0.1) is 17.1 Å². The zero-order valence-electron chi connectivity index (χ0n) is 7.20. The van der Waals surface area contributed by atoms with E-state index < -0.39 is 0 Å². The standard InChI is InChI=1S/C10H9ClFN/c1-13-7-3-4-8-9(11)5-2-6-10(8)12/h2,5-6,13H,7H2,1H3. The summed E-state index contributed by atoms with van der Waals surface area (Å²) >= 11 is 5.75. The minimum absolute atomic E-state index is 0.263. The molecule has 1 rings (SSSR count). The Morgan fingerprint density at radius 3 is 2.92 bits per heavy atom. The van der Waals surface area contributed by atoms with Crippen molar-refractivity contribution in [2.75, 3.05) is 13.6 Å². The average molecular weight is 198 g/mol. The molecule has 0 radical (unpaired) electrons. The maximum Gasteiger partial charge on any atom is 0.140 e. The first-order chi connectivity index (χ1) is 6.25. The van der Waals surface area contributed by atoms with Crippen LogP contribution in [0.25, 0.3) is 0 Å². The Hall–Kier alpha value is -1.04. The van der Waals surface area contributed by atoms with Crippen molar-refractivity contribution >= 4 is 11.6 Å². The smallest absolute Gasteiger partial charge is 0.140 e. The summed E-state index contributed by atoms with van der Waals surface area (Å²) in [6.07, 6.45) is 0. The molecule has 0 spiro atoms. The summed E-state index contributed by atoms with van der Waals surface area (Å²) < 4.78 is 13.1. The molecule has 0 atom stereocenters. The van der Waals surface area contributed by atoms with E-state index in [4.69, 9.17) is 11.6 Å². The quantitative estimate of drug-likeness (QED) is 0.680. The lowest BCUT2D eigenvalue weighted by atomic mass is 10.2. The fraction of sp³-hybridized carbons (Fsp3) is 0.200. The minimum atomic E-state index is -0.379. The Bertz CT molecular complexity index is 331. The first-order valence-corrected chi connectivity index (χ1v) is 4.21. The molecule has 1 nitrogen and oxygen atoms in total. The fourth-order valence-electron chi connectivity index (χ4n) is 0.838. The van der Waals surface area contributed by atoms with Crippen molar-refractivity contribution in [1.29, 1.82) is 0 Å². The largest absolute Gasteiger partial charge is 0.309 e. The highest BCUT2D eigenvalue weighted by Gasteiger charge is 2.01. The van der Waals surface area contributed by atoms with Crippen LogP contribution in [-0.2, 0) is 0 Å². The SMILES string of the molecule is CNCC#Cc1c(F)cccc1Cl. The van der Waals surface area contributed by atoms with Gasteiger partial charge in [0.15, 0.2) is 0 Å². The van der Waals surface area contributed by atoms with Crippen LogP contribution in [0.1, 0.15) is 5.56 Å². The first-order valence-electron chi connectivity index (χ1n) is 3.83. The van der Waals surface area contributed by atoms with Crippen molar-refractivity contribution in [2.45, 2.75) is 0 Å². The number of rotatable bonds is 1. The van der Waals surface area contributed by atoms with Crippen LogP contribution in [-0.4, -0.2) is 13.6 Å². The molecule has 68 valence electrons. The van der Waals surface area contributed by atoms with Crippen molar-refractivity contribution in [3.63, 3.8) is 0 Å². The lowest BCUT2D eigenvalue weighted by molar-refractivity contribution is 0.624. The second-order valence-corrected chi connectivity index (χ2v) is 2.84. The van der Waals surface area contributed by atoms with Crippen LogP contribution < -0.4 is 5.32 Å². The van der Waals surface area contributed by atoms with Gasteiger partial charge in [0.2, 0.25) is 0 Å². The summed E-state index contributed by atoms with van der Waals surface area (Å²) in [6.45, 7) is 0.519. The van der Waals surface area contributed by atoms with Crippen LogP contribution in [0.15, 0.2) is 18.2 Å². The van der Waals surface area contributed by atoms with E-state index in [1.807, 2.05) is 0 Å². The van der Waals surface area contributed by atoms with Gasteiger partial charge in [-0.05, 0) is 19.2 Å². The lowest BCUT2D eigenvalue weighted by Crippen LogP contribution is -2.04. The second kappa shape index (κ2) is 4.86. The predicted molar refractivity (Wildman–Crippen MR) is 52.2 cm³/mol. The predicted octanol–water partition coefficient (Wildman–Crippen LogP) is 2.05. The van der Waals surface area contributed by atoms with Gasteiger partial charge in [0.1, 0.15) is 5.82 Å². The van der Waals surface area contributed by atoms with E-state index in [-0.39, 0.29) is 11.4 Å². The van der Waals surface area contributed by atoms with Gasteiger partial charge < -0.3 is 5.32 Å². The molecule has 0 unspecified atom stereocenters. The molecule has 0 bridgehead atoms. The highest BCUT2D eigenvalue weighted by molar-refractivity contribution is 6.31. The molecule has 0 heterocycles. The number of nitrogens with one attached hydrogen (secondary N) is 1. The van der Waals surface area contributed by atoms with E-state index in [9.17, 15) is 4.39 Å². The molecule has 0 aromatic heterocycles. The third kappa shape index (κ3) is 2.73. The summed E-state index contributed by atoms with van der Waals surface area (Å²) in [5, 5.41) is 3.19. The van der Waals surface area contributed by atoms with Crippen molar-refractivity contribution in [2.24, 2.45) is 0 Å². The van der Waals surface area contributed by atoms with E-state index in [2.05, 4.69) is 17.2 Å². The van der Waals surface area contributed by atoms with Crippen LogP contribution in [0.3, 0.4) is 0 Å². The minimum Gasteiger partial charge on any atom is -0.309 e. The van der Waals surface area contributed by atoms with Gasteiger partial charge in [-0.15, -0.1) is 0 Å². The molecule has 0 aliphatic carbocycles. The van der Waals surface area contributed by atoms with E-state index in [1.165, 1.54) is 6.07 Å². The zero-order valence-corrected chi connectivity index (χ0v) is 7.95. The molecule has 1 aromatic carbocycles. The number of benzene rings is 1. The molecule has 0 fully saturated rings. The van der Waals surface area contributed by atoms with Crippen LogP contribution in [0, 0.1) is 17.7 Å². The number of hydrogen-bond acceptors (Lipinski definition) is 1. The average Bonchev–Trinajstić information content (AvgIpc) is 2.10. The first kappa shape index (κ1) is 10.0. The van der Waals surface area contributed by atoms with Crippen LogP contribution >= 0.6 is 11.6 Å². The van der Waals surface area contributed by atoms with Gasteiger partial charge in [0, 0.05) is 0 Å². The van der Waals surface area contributed by atoms with Crippen molar-refractivity contribution in [3.8, 4) is 11.8 Å². The van der Waals surface area contributed by atoms with Crippen molar-refractivity contribution < 1.29 is 4.39 Å².